The Kier molecular flexibility index (Phi) is 4.04. The van der Waals surface area contributed by atoms with Gasteiger partial charge in [-0.3, -0.25) is 0 Å². The van der Waals surface area contributed by atoms with E-state index >= 15 is 0 Å². The van der Waals surface area contributed by atoms with E-state index in [9.17, 15) is 0 Å². The first-order valence-electron chi connectivity index (χ1n) is 5.61. The van der Waals surface area contributed by atoms with Gasteiger partial charge in [0.25, 0.3) is 0 Å². The minimum Gasteiger partial charge on any atom is -0.373 e. The number of hydrogen-bond acceptors (Lipinski definition) is 3. The van der Waals surface area contributed by atoms with Crippen LogP contribution in [0.1, 0.15) is 11.3 Å². The smallest absolute Gasteiger partial charge is 0.125 e. The molecule has 0 radical (unpaired) electrons. The van der Waals surface area contributed by atoms with E-state index in [-0.39, 0.29) is 0 Å². The van der Waals surface area contributed by atoms with Crippen molar-refractivity contribution in [2.45, 2.75) is 17.6 Å². The van der Waals surface area contributed by atoms with E-state index in [1.54, 1.807) is 0 Å². The Balaban J connectivity index is 2.02. The number of nitrogens with one attached hydrogen (secondary N) is 1. The van der Waals surface area contributed by atoms with E-state index in [1.807, 2.05) is 30.9 Å². The average molecular weight is 244 g/mol. The Morgan fingerprint density at radius 2 is 2.00 bits per heavy atom. The molecule has 1 aromatic heterocycles. The van der Waals surface area contributed by atoms with Crippen molar-refractivity contribution in [3.05, 3.63) is 53.7 Å². The molecule has 0 atom stereocenters. The minimum atomic E-state index is 0.902. The molecule has 0 bridgehead atoms. The molecule has 0 saturated carbocycles. The maximum absolute atomic E-state index is 4.50. The van der Waals surface area contributed by atoms with Crippen LogP contribution < -0.4 is 5.32 Å². The van der Waals surface area contributed by atoms with Gasteiger partial charge in [0.2, 0.25) is 0 Å². The van der Waals surface area contributed by atoms with Gasteiger partial charge >= 0.3 is 0 Å². The van der Waals surface area contributed by atoms with Crippen molar-refractivity contribution in [3.8, 4) is 0 Å². The molecule has 0 aliphatic rings. The molecule has 2 aromatic rings. The first-order valence-corrected chi connectivity index (χ1v) is 6.59. The van der Waals surface area contributed by atoms with E-state index < -0.39 is 0 Å². The quantitative estimate of drug-likeness (QED) is 0.830. The van der Waals surface area contributed by atoms with Crippen LogP contribution >= 0.6 is 11.8 Å². The average Bonchev–Trinajstić information content (AvgIpc) is 2.37. The number of pyridine rings is 1. The lowest BCUT2D eigenvalue weighted by molar-refractivity contribution is 1.16. The minimum absolute atomic E-state index is 0.902. The van der Waals surface area contributed by atoms with Gasteiger partial charge in [-0.25, -0.2) is 4.98 Å². The molecule has 1 N–H and O–H groups in total. The molecule has 0 unspecified atom stereocenters. The Bertz CT molecular complexity index is 497. The van der Waals surface area contributed by atoms with Gasteiger partial charge in [-0.2, -0.15) is 0 Å². The van der Waals surface area contributed by atoms with Gasteiger partial charge in [0.15, 0.2) is 0 Å². The van der Waals surface area contributed by atoms with Gasteiger partial charge in [-0.05, 0) is 31.2 Å². The van der Waals surface area contributed by atoms with Crippen LogP contribution in [0, 0.1) is 6.92 Å². The molecule has 88 valence electrons. The fourth-order valence-electron chi connectivity index (χ4n) is 1.56. The summed E-state index contributed by atoms with van der Waals surface area (Å²) in [7, 11) is 1.89. The molecular formula is C14H16N2S. The van der Waals surface area contributed by atoms with E-state index in [0.29, 0.717) is 0 Å². The first-order chi connectivity index (χ1) is 8.28. The summed E-state index contributed by atoms with van der Waals surface area (Å²) in [6, 6.07) is 14.6. The standard InChI is InChI=1S/C14H16N2S/c1-11-5-3-7-13(9-11)17-10-12-6-4-8-14(15-2)16-12/h3-9H,10H2,1-2H3,(H,15,16). The molecule has 17 heavy (non-hydrogen) atoms. The predicted octanol–water partition coefficient (Wildman–Crippen LogP) is 3.72. The Hall–Kier alpha value is -1.48. The number of nitrogens with zero attached hydrogens (tertiary/aromatic N) is 1. The summed E-state index contributed by atoms with van der Waals surface area (Å²) in [6.45, 7) is 2.12. The van der Waals surface area contributed by atoms with Gasteiger partial charge in [0, 0.05) is 17.7 Å². The largest absolute Gasteiger partial charge is 0.373 e. The summed E-state index contributed by atoms with van der Waals surface area (Å²) < 4.78 is 0. The normalized spacial score (nSPS) is 10.2. The monoisotopic (exact) mass is 244 g/mol. The summed E-state index contributed by atoms with van der Waals surface area (Å²) in [5.41, 5.74) is 2.40. The molecule has 0 aliphatic heterocycles. The van der Waals surface area contributed by atoms with Gasteiger partial charge in [-0.15, -0.1) is 11.8 Å². The molecule has 0 spiro atoms. The maximum atomic E-state index is 4.50. The topological polar surface area (TPSA) is 24.9 Å². The number of hydrogen-bond donors (Lipinski definition) is 1. The maximum Gasteiger partial charge on any atom is 0.125 e. The zero-order valence-corrected chi connectivity index (χ0v) is 10.9. The van der Waals surface area contributed by atoms with Crippen LogP contribution in [0.5, 0.6) is 0 Å². The lowest BCUT2D eigenvalue weighted by Crippen LogP contribution is -1.94. The highest BCUT2D eigenvalue weighted by Crippen LogP contribution is 2.23. The molecule has 0 fully saturated rings. The summed E-state index contributed by atoms with van der Waals surface area (Å²) >= 11 is 1.82. The van der Waals surface area contributed by atoms with E-state index in [0.717, 1.165) is 17.3 Å². The first kappa shape index (κ1) is 12.0. The van der Waals surface area contributed by atoms with Crippen LogP contribution in [-0.4, -0.2) is 12.0 Å². The third-order valence-corrected chi connectivity index (χ3v) is 3.47. The number of thioether (sulfide) groups is 1. The van der Waals surface area contributed by atoms with E-state index in [1.165, 1.54) is 10.5 Å². The molecule has 0 aliphatic carbocycles. The van der Waals surface area contributed by atoms with Gasteiger partial charge in [-0.1, -0.05) is 23.8 Å². The highest BCUT2D eigenvalue weighted by Gasteiger charge is 1.99. The van der Waals surface area contributed by atoms with Crippen LogP contribution in [0.25, 0.3) is 0 Å². The van der Waals surface area contributed by atoms with Crippen molar-refractivity contribution in [2.24, 2.45) is 0 Å². The van der Waals surface area contributed by atoms with Crippen LogP contribution in [-0.2, 0) is 5.75 Å². The Labute approximate surface area is 106 Å². The van der Waals surface area contributed by atoms with Crippen molar-refractivity contribution >= 4 is 17.6 Å². The lowest BCUT2D eigenvalue weighted by Gasteiger charge is -2.04. The molecule has 2 nitrogen and oxygen atoms in total. The van der Waals surface area contributed by atoms with Crippen molar-refractivity contribution in [1.82, 2.24) is 4.98 Å². The summed E-state index contributed by atoms with van der Waals surface area (Å²) in [4.78, 5) is 5.79. The number of aromatic nitrogens is 1. The summed E-state index contributed by atoms with van der Waals surface area (Å²) in [5.74, 6) is 1.83. The van der Waals surface area contributed by atoms with Crippen LogP contribution in [0.15, 0.2) is 47.4 Å². The number of anilines is 1. The van der Waals surface area contributed by atoms with Crippen molar-refractivity contribution in [2.75, 3.05) is 12.4 Å². The van der Waals surface area contributed by atoms with Gasteiger partial charge in [0.05, 0.1) is 5.69 Å². The molecule has 1 heterocycles. The number of rotatable bonds is 4. The molecular weight excluding hydrogens is 228 g/mol. The van der Waals surface area contributed by atoms with E-state index in [2.05, 4.69) is 47.6 Å². The second-order valence-electron chi connectivity index (χ2n) is 3.87. The third-order valence-electron chi connectivity index (χ3n) is 2.44. The SMILES string of the molecule is CNc1cccc(CSc2cccc(C)c2)n1. The van der Waals surface area contributed by atoms with Crippen molar-refractivity contribution in [1.29, 1.82) is 0 Å². The zero-order valence-electron chi connectivity index (χ0n) is 10.1. The predicted molar refractivity (Wildman–Crippen MR) is 74.5 cm³/mol. The highest BCUT2D eigenvalue weighted by molar-refractivity contribution is 7.98. The molecule has 0 amide bonds. The fourth-order valence-corrected chi connectivity index (χ4v) is 2.48. The lowest BCUT2D eigenvalue weighted by atomic mass is 10.2. The van der Waals surface area contributed by atoms with Crippen molar-refractivity contribution < 1.29 is 0 Å². The molecule has 0 saturated heterocycles. The number of aryl methyl sites for hydroxylation is 1. The van der Waals surface area contributed by atoms with Crippen LogP contribution in [0.4, 0.5) is 5.82 Å². The van der Waals surface area contributed by atoms with Gasteiger partial charge < -0.3 is 5.32 Å². The fraction of sp³-hybridized carbons (Fsp3) is 0.214. The zero-order chi connectivity index (χ0) is 12.1. The highest BCUT2D eigenvalue weighted by atomic mass is 32.2. The second-order valence-corrected chi connectivity index (χ2v) is 4.92. The van der Waals surface area contributed by atoms with Crippen molar-refractivity contribution in [3.63, 3.8) is 0 Å². The number of benzene rings is 1. The van der Waals surface area contributed by atoms with Gasteiger partial charge in [0.1, 0.15) is 5.82 Å². The van der Waals surface area contributed by atoms with E-state index in [4.69, 9.17) is 0 Å². The molecule has 1 aromatic carbocycles. The Morgan fingerprint density at radius 3 is 2.76 bits per heavy atom. The van der Waals surface area contributed by atoms with Crippen LogP contribution in [0.2, 0.25) is 0 Å². The summed E-state index contributed by atoms with van der Waals surface area (Å²) in [6.07, 6.45) is 0. The third kappa shape index (κ3) is 3.49. The Morgan fingerprint density at radius 1 is 1.18 bits per heavy atom. The summed E-state index contributed by atoms with van der Waals surface area (Å²) in [5, 5.41) is 3.05. The molecule has 2 rings (SSSR count). The molecule has 3 heteroatoms. The second kappa shape index (κ2) is 5.73. The van der Waals surface area contributed by atoms with Crippen LogP contribution in [0.3, 0.4) is 0 Å².